The smallest absolute Gasteiger partial charge is 0.280 e. The lowest BCUT2D eigenvalue weighted by Gasteiger charge is -2.41. The first kappa shape index (κ1) is 15.6. The van der Waals surface area contributed by atoms with Crippen LogP contribution in [0.15, 0.2) is 28.0 Å². The van der Waals surface area contributed by atoms with E-state index in [4.69, 9.17) is 4.52 Å². The molecule has 2 heterocycles. The summed E-state index contributed by atoms with van der Waals surface area (Å²) < 4.78 is 4.94. The largest absolute Gasteiger partial charge is 0.396 e. The summed E-state index contributed by atoms with van der Waals surface area (Å²) in [7, 11) is 0. The number of carbonyl (C=O) groups is 1. The molecular weight excluding hydrogens is 272 g/mol. The van der Waals surface area contributed by atoms with Crippen LogP contribution < -0.4 is 5.56 Å². The lowest BCUT2D eigenvalue weighted by atomic mass is 9.77. The number of nitrogens with one attached hydrogen (secondary N) is 1. The summed E-state index contributed by atoms with van der Waals surface area (Å²) in [6, 6.07) is 1.36. The van der Waals surface area contributed by atoms with Crippen LogP contribution in [0.25, 0.3) is 0 Å². The molecule has 0 aromatic carbocycles. The van der Waals surface area contributed by atoms with Crippen LogP contribution in [0.4, 0.5) is 0 Å². The van der Waals surface area contributed by atoms with Gasteiger partial charge in [0.2, 0.25) is 5.91 Å². The van der Waals surface area contributed by atoms with Gasteiger partial charge >= 0.3 is 0 Å². The fraction of sp³-hybridized carbons (Fsp3) is 0.600. The van der Waals surface area contributed by atoms with Gasteiger partial charge in [-0.05, 0) is 19.3 Å². The molecule has 1 aliphatic rings. The highest BCUT2D eigenvalue weighted by atomic mass is 16.5. The molecule has 0 bridgehead atoms. The van der Waals surface area contributed by atoms with Crippen molar-refractivity contribution < 1.29 is 14.4 Å². The fourth-order valence-electron chi connectivity index (χ4n) is 2.92. The minimum atomic E-state index is -0.291. The Hall–Kier alpha value is -1.82. The van der Waals surface area contributed by atoms with E-state index in [-0.39, 0.29) is 23.5 Å². The number of rotatable bonds is 6. The molecule has 21 heavy (non-hydrogen) atoms. The predicted molar refractivity (Wildman–Crippen MR) is 77.8 cm³/mol. The number of H-pyrrole nitrogens is 1. The maximum Gasteiger partial charge on any atom is 0.280 e. The minimum absolute atomic E-state index is 0.0282. The van der Waals surface area contributed by atoms with Crippen molar-refractivity contribution in [1.82, 2.24) is 10.1 Å². The number of aliphatic hydroxyl groups excluding tert-OH is 1. The number of hydrogen-bond donors (Lipinski definition) is 2. The van der Waals surface area contributed by atoms with Gasteiger partial charge in [0.15, 0.2) is 0 Å². The summed E-state index contributed by atoms with van der Waals surface area (Å²) in [5, 5.41) is 11.9. The van der Waals surface area contributed by atoms with Crippen LogP contribution in [0.5, 0.6) is 0 Å². The maximum atomic E-state index is 12.3. The number of hydrogen-bond acceptors (Lipinski definition) is 4. The van der Waals surface area contributed by atoms with E-state index in [0.717, 1.165) is 19.4 Å². The molecule has 1 aliphatic heterocycles. The fourth-order valence-corrected chi connectivity index (χ4v) is 2.92. The zero-order valence-electron chi connectivity index (χ0n) is 12.1. The summed E-state index contributed by atoms with van der Waals surface area (Å²) in [5.74, 6) is 0.519. The number of likely N-dealkylation sites (tertiary alicyclic amines) is 1. The Bertz CT molecular complexity index is 548. The van der Waals surface area contributed by atoms with E-state index in [1.165, 1.54) is 6.07 Å². The van der Waals surface area contributed by atoms with Crippen molar-refractivity contribution in [3.8, 4) is 0 Å². The standard InChI is InChI=1S/C15H22N2O4/c1-2-6-15(11-18)7-3-8-17(10-15)14(20)5-4-12-9-13(19)16-21-12/h2,9,18H,1,3-8,10-11H2,(H,16,19). The molecule has 2 N–H and O–H groups in total. The molecule has 1 aromatic heterocycles. The van der Waals surface area contributed by atoms with Crippen LogP contribution in [-0.4, -0.2) is 40.8 Å². The Balaban J connectivity index is 1.92. The number of aryl methyl sites for hydroxylation is 1. The van der Waals surface area contributed by atoms with Gasteiger partial charge in [0.25, 0.3) is 5.56 Å². The molecule has 0 spiro atoms. The minimum Gasteiger partial charge on any atom is -0.396 e. The van der Waals surface area contributed by atoms with Gasteiger partial charge in [0.05, 0.1) is 6.61 Å². The highest BCUT2D eigenvalue weighted by Crippen LogP contribution is 2.33. The summed E-state index contributed by atoms with van der Waals surface area (Å²) in [6.45, 7) is 5.08. The first-order chi connectivity index (χ1) is 10.1. The summed E-state index contributed by atoms with van der Waals surface area (Å²) in [5.41, 5.74) is -0.545. The molecule has 1 aromatic rings. The third-order valence-corrected chi connectivity index (χ3v) is 4.09. The van der Waals surface area contributed by atoms with Gasteiger partial charge in [-0.1, -0.05) is 6.08 Å². The Morgan fingerprint density at radius 3 is 3.05 bits per heavy atom. The average Bonchev–Trinajstić information content (AvgIpc) is 2.91. The van der Waals surface area contributed by atoms with Crippen LogP contribution >= 0.6 is 0 Å². The molecule has 1 unspecified atom stereocenters. The zero-order chi connectivity index (χ0) is 15.3. The number of aromatic amines is 1. The molecular formula is C15H22N2O4. The second kappa shape index (κ2) is 6.76. The molecule has 1 saturated heterocycles. The average molecular weight is 294 g/mol. The quantitative estimate of drug-likeness (QED) is 0.769. The number of carbonyl (C=O) groups excluding carboxylic acids is 1. The molecule has 6 nitrogen and oxygen atoms in total. The van der Waals surface area contributed by atoms with E-state index in [0.29, 0.717) is 31.6 Å². The lowest BCUT2D eigenvalue weighted by molar-refractivity contribution is -0.135. The Morgan fingerprint density at radius 1 is 1.62 bits per heavy atom. The molecule has 1 atom stereocenters. The van der Waals surface area contributed by atoms with Crippen LogP contribution in [0.2, 0.25) is 0 Å². The third kappa shape index (κ3) is 3.85. The molecule has 0 aliphatic carbocycles. The summed E-state index contributed by atoms with van der Waals surface area (Å²) in [4.78, 5) is 25.0. The number of allylic oxidation sites excluding steroid dienone is 1. The second-order valence-electron chi connectivity index (χ2n) is 5.75. The topological polar surface area (TPSA) is 86.5 Å². The number of aliphatic hydroxyl groups is 1. The second-order valence-corrected chi connectivity index (χ2v) is 5.75. The van der Waals surface area contributed by atoms with Crippen molar-refractivity contribution in [3.63, 3.8) is 0 Å². The van der Waals surface area contributed by atoms with Gasteiger partial charge in [-0.15, -0.1) is 6.58 Å². The highest BCUT2D eigenvalue weighted by molar-refractivity contribution is 5.76. The lowest BCUT2D eigenvalue weighted by Crippen LogP contribution is -2.47. The Kier molecular flexibility index (Phi) is 5.01. The third-order valence-electron chi connectivity index (χ3n) is 4.09. The normalized spacial score (nSPS) is 22.2. The molecule has 0 radical (unpaired) electrons. The van der Waals surface area contributed by atoms with Gasteiger partial charge in [0, 0.05) is 37.4 Å². The van der Waals surface area contributed by atoms with E-state index in [1.807, 2.05) is 0 Å². The van der Waals surface area contributed by atoms with E-state index in [2.05, 4.69) is 11.7 Å². The van der Waals surface area contributed by atoms with E-state index in [9.17, 15) is 14.7 Å². The zero-order valence-corrected chi connectivity index (χ0v) is 12.1. The van der Waals surface area contributed by atoms with Crippen molar-refractivity contribution in [2.24, 2.45) is 5.41 Å². The predicted octanol–water partition coefficient (Wildman–Crippen LogP) is 1.08. The molecule has 1 fully saturated rings. The highest BCUT2D eigenvalue weighted by Gasteiger charge is 2.35. The van der Waals surface area contributed by atoms with E-state index >= 15 is 0 Å². The van der Waals surface area contributed by atoms with Crippen LogP contribution in [-0.2, 0) is 11.2 Å². The van der Waals surface area contributed by atoms with Crippen molar-refractivity contribution >= 4 is 5.91 Å². The maximum absolute atomic E-state index is 12.3. The number of amides is 1. The summed E-state index contributed by atoms with van der Waals surface area (Å²) in [6.07, 6.45) is 5.02. The van der Waals surface area contributed by atoms with Crippen molar-refractivity contribution in [3.05, 3.63) is 34.8 Å². The number of aromatic nitrogens is 1. The molecule has 6 heteroatoms. The first-order valence-corrected chi connectivity index (χ1v) is 7.25. The van der Waals surface area contributed by atoms with Crippen molar-refractivity contribution in [1.29, 1.82) is 0 Å². The molecule has 116 valence electrons. The SMILES string of the molecule is C=CCC1(CO)CCCN(C(=O)CCc2cc(=O)[nH]o2)C1. The Labute approximate surface area is 123 Å². The molecule has 1 amide bonds. The molecule has 0 saturated carbocycles. The Morgan fingerprint density at radius 2 is 2.43 bits per heavy atom. The monoisotopic (exact) mass is 294 g/mol. The summed E-state index contributed by atoms with van der Waals surface area (Å²) >= 11 is 0. The number of nitrogens with zero attached hydrogens (tertiary/aromatic N) is 1. The number of piperidine rings is 1. The van der Waals surface area contributed by atoms with Gasteiger partial charge in [0.1, 0.15) is 5.76 Å². The van der Waals surface area contributed by atoms with Gasteiger partial charge < -0.3 is 14.5 Å². The van der Waals surface area contributed by atoms with E-state index in [1.54, 1.807) is 11.0 Å². The van der Waals surface area contributed by atoms with Gasteiger partial charge in [-0.25, -0.2) is 0 Å². The van der Waals surface area contributed by atoms with E-state index < -0.39 is 0 Å². The first-order valence-electron chi connectivity index (χ1n) is 7.25. The van der Waals surface area contributed by atoms with Crippen LogP contribution in [0, 0.1) is 5.41 Å². The van der Waals surface area contributed by atoms with Crippen LogP contribution in [0.3, 0.4) is 0 Å². The van der Waals surface area contributed by atoms with Crippen molar-refractivity contribution in [2.75, 3.05) is 19.7 Å². The van der Waals surface area contributed by atoms with Gasteiger partial charge in [-0.3, -0.25) is 9.59 Å². The molecule has 2 rings (SSSR count). The van der Waals surface area contributed by atoms with Crippen LogP contribution in [0.1, 0.15) is 31.4 Å². The van der Waals surface area contributed by atoms with Crippen molar-refractivity contribution in [2.45, 2.75) is 32.1 Å². The van der Waals surface area contributed by atoms with Gasteiger partial charge in [-0.2, -0.15) is 5.16 Å².